The maximum Gasteiger partial charge on any atom is 0.252 e. The molecule has 0 atom stereocenters. The molecular weight excluding hydrogens is 292 g/mol. The second kappa shape index (κ2) is 5.26. The van der Waals surface area contributed by atoms with Crippen LogP contribution in [0.2, 0.25) is 5.02 Å². The van der Waals surface area contributed by atoms with E-state index in [0.717, 1.165) is 6.26 Å². The number of sulfonamides is 1. The molecule has 1 aromatic carbocycles. The molecular formula is C11H13ClN2O4S. The first-order chi connectivity index (χ1) is 8.85. The Bertz CT molecular complexity index is 603. The molecule has 0 fully saturated rings. The Balaban J connectivity index is 2.15. The normalized spacial score (nSPS) is 14.5. The van der Waals surface area contributed by atoms with Gasteiger partial charge in [-0.3, -0.25) is 9.52 Å². The maximum absolute atomic E-state index is 11.6. The second-order valence-electron chi connectivity index (χ2n) is 4.18. The highest BCUT2D eigenvalue weighted by Crippen LogP contribution is 2.33. The van der Waals surface area contributed by atoms with E-state index in [1.54, 1.807) is 23.1 Å². The van der Waals surface area contributed by atoms with Gasteiger partial charge in [0.1, 0.15) is 12.4 Å². The Morgan fingerprint density at radius 2 is 2.26 bits per heavy atom. The molecule has 0 aliphatic carbocycles. The van der Waals surface area contributed by atoms with Crippen LogP contribution in [0.15, 0.2) is 18.2 Å². The van der Waals surface area contributed by atoms with Gasteiger partial charge in [0.05, 0.1) is 25.0 Å². The van der Waals surface area contributed by atoms with Gasteiger partial charge in [0.2, 0.25) is 10.0 Å². The van der Waals surface area contributed by atoms with Gasteiger partial charge in [0.25, 0.3) is 5.91 Å². The van der Waals surface area contributed by atoms with Crippen molar-refractivity contribution in [3.63, 3.8) is 0 Å². The van der Waals surface area contributed by atoms with E-state index in [1.807, 2.05) is 4.72 Å². The predicted molar refractivity (Wildman–Crippen MR) is 72.1 cm³/mol. The fraction of sp³-hybridized carbons (Fsp3) is 0.364. The van der Waals surface area contributed by atoms with Crippen LogP contribution in [0.5, 0.6) is 5.75 Å². The zero-order valence-electron chi connectivity index (χ0n) is 10.2. The molecule has 1 amide bonds. The number of carbonyl (C=O) groups excluding carboxylic acids is 1. The van der Waals surface area contributed by atoms with E-state index >= 15 is 0 Å². The summed E-state index contributed by atoms with van der Waals surface area (Å²) in [6.07, 6.45) is 0.940. The maximum atomic E-state index is 11.6. The molecule has 0 radical (unpaired) electrons. The summed E-state index contributed by atoms with van der Waals surface area (Å²) in [7, 11) is -3.54. The van der Waals surface area contributed by atoms with Crippen molar-refractivity contribution in [1.29, 1.82) is 0 Å². The van der Waals surface area contributed by atoms with Gasteiger partial charge in [-0.1, -0.05) is 11.6 Å². The van der Waals surface area contributed by atoms with E-state index in [1.165, 1.54) is 0 Å². The summed E-state index contributed by atoms with van der Waals surface area (Å²) >= 11 is 5.91. The number of halogens is 1. The molecule has 1 aliphatic rings. The van der Waals surface area contributed by atoms with Crippen molar-refractivity contribution in [3.8, 4) is 5.75 Å². The standard InChI is InChI=1S/C11H13ClN2O4S/c1-19(16,17)13-11(15)7-14-4-5-18-10-3-2-8(12)6-9(10)14/h2-3,6H,4-5,7H2,1H3,(H,13,15). The molecule has 0 unspecified atom stereocenters. The highest BCUT2D eigenvalue weighted by Gasteiger charge is 2.21. The van der Waals surface area contributed by atoms with E-state index in [9.17, 15) is 13.2 Å². The van der Waals surface area contributed by atoms with Crippen molar-refractivity contribution >= 4 is 33.2 Å². The predicted octanol–water partition coefficient (Wildman–Crippen LogP) is 0.615. The number of fused-ring (bicyclic) bond motifs is 1. The highest BCUT2D eigenvalue weighted by molar-refractivity contribution is 7.89. The number of hydrogen-bond donors (Lipinski definition) is 1. The monoisotopic (exact) mass is 304 g/mol. The molecule has 2 rings (SSSR count). The number of rotatable bonds is 3. The van der Waals surface area contributed by atoms with E-state index in [4.69, 9.17) is 16.3 Å². The molecule has 0 bridgehead atoms. The minimum absolute atomic E-state index is 0.0657. The molecule has 6 nitrogen and oxygen atoms in total. The number of anilines is 1. The zero-order valence-corrected chi connectivity index (χ0v) is 11.8. The molecule has 1 aromatic rings. The summed E-state index contributed by atoms with van der Waals surface area (Å²) in [5.41, 5.74) is 0.683. The number of hydrogen-bond acceptors (Lipinski definition) is 5. The molecule has 104 valence electrons. The third kappa shape index (κ3) is 3.74. The van der Waals surface area contributed by atoms with Crippen molar-refractivity contribution in [2.45, 2.75) is 0 Å². The van der Waals surface area contributed by atoms with Crippen molar-refractivity contribution < 1.29 is 17.9 Å². The molecule has 0 saturated carbocycles. The Kier molecular flexibility index (Phi) is 3.86. The Hall–Kier alpha value is -1.47. The number of carbonyl (C=O) groups is 1. The van der Waals surface area contributed by atoms with E-state index in [-0.39, 0.29) is 6.54 Å². The summed E-state index contributed by atoms with van der Waals surface area (Å²) in [4.78, 5) is 13.3. The number of amides is 1. The highest BCUT2D eigenvalue weighted by atomic mass is 35.5. The lowest BCUT2D eigenvalue weighted by molar-refractivity contribution is -0.118. The second-order valence-corrected chi connectivity index (χ2v) is 6.36. The third-order valence-corrected chi connectivity index (χ3v) is 3.35. The zero-order chi connectivity index (χ0) is 14.0. The number of nitrogens with zero attached hydrogens (tertiary/aromatic N) is 1. The average Bonchev–Trinajstić information content (AvgIpc) is 2.27. The minimum atomic E-state index is -3.54. The summed E-state index contributed by atoms with van der Waals surface area (Å²) in [5.74, 6) is 0.0399. The smallest absolute Gasteiger partial charge is 0.252 e. The number of benzene rings is 1. The lowest BCUT2D eigenvalue weighted by Gasteiger charge is -2.30. The lowest BCUT2D eigenvalue weighted by Crippen LogP contribution is -2.42. The van der Waals surface area contributed by atoms with Crippen LogP contribution in [-0.2, 0) is 14.8 Å². The van der Waals surface area contributed by atoms with Crippen LogP contribution >= 0.6 is 11.6 Å². The van der Waals surface area contributed by atoms with Crippen molar-refractivity contribution in [1.82, 2.24) is 4.72 Å². The molecule has 19 heavy (non-hydrogen) atoms. The van der Waals surface area contributed by atoms with Gasteiger partial charge in [-0.05, 0) is 18.2 Å². The van der Waals surface area contributed by atoms with Crippen LogP contribution < -0.4 is 14.4 Å². The van der Waals surface area contributed by atoms with Gasteiger partial charge in [0.15, 0.2) is 0 Å². The SMILES string of the molecule is CS(=O)(=O)NC(=O)CN1CCOc2ccc(Cl)cc21. The van der Waals surface area contributed by atoms with Crippen LogP contribution in [0.4, 0.5) is 5.69 Å². The number of ether oxygens (including phenoxy) is 1. The molecule has 0 spiro atoms. The van der Waals surface area contributed by atoms with Gasteiger partial charge >= 0.3 is 0 Å². The Labute approximate surface area is 116 Å². The molecule has 0 aromatic heterocycles. The Morgan fingerprint density at radius 1 is 1.53 bits per heavy atom. The number of nitrogens with one attached hydrogen (secondary N) is 1. The summed E-state index contributed by atoms with van der Waals surface area (Å²) in [6.45, 7) is 0.856. The van der Waals surface area contributed by atoms with Crippen molar-refractivity contribution in [3.05, 3.63) is 23.2 Å². The largest absolute Gasteiger partial charge is 0.490 e. The van der Waals surface area contributed by atoms with Crippen LogP contribution in [-0.4, -0.2) is 40.3 Å². The lowest BCUT2D eigenvalue weighted by atomic mass is 10.2. The van der Waals surface area contributed by atoms with Gasteiger partial charge < -0.3 is 9.64 Å². The summed E-state index contributed by atoms with van der Waals surface area (Å²) < 4.78 is 29.3. The summed E-state index contributed by atoms with van der Waals surface area (Å²) in [6, 6.07) is 5.10. The first-order valence-corrected chi connectivity index (χ1v) is 7.80. The van der Waals surface area contributed by atoms with Gasteiger partial charge in [0, 0.05) is 5.02 Å². The van der Waals surface area contributed by atoms with Crippen LogP contribution in [0.25, 0.3) is 0 Å². The van der Waals surface area contributed by atoms with Gasteiger partial charge in [-0.2, -0.15) is 0 Å². The first-order valence-electron chi connectivity index (χ1n) is 5.53. The van der Waals surface area contributed by atoms with Crippen LogP contribution in [0.1, 0.15) is 0 Å². The van der Waals surface area contributed by atoms with E-state index < -0.39 is 15.9 Å². The molecule has 1 heterocycles. The minimum Gasteiger partial charge on any atom is -0.490 e. The fourth-order valence-electron chi connectivity index (χ4n) is 1.82. The molecule has 1 aliphatic heterocycles. The summed E-state index contributed by atoms with van der Waals surface area (Å²) in [5, 5.41) is 0.526. The fourth-order valence-corrected chi connectivity index (χ4v) is 2.47. The first kappa shape index (κ1) is 14.0. The third-order valence-electron chi connectivity index (χ3n) is 2.51. The molecule has 8 heteroatoms. The van der Waals surface area contributed by atoms with E-state index in [0.29, 0.717) is 29.6 Å². The van der Waals surface area contributed by atoms with Crippen molar-refractivity contribution in [2.75, 3.05) is 30.9 Å². The van der Waals surface area contributed by atoms with Crippen LogP contribution in [0.3, 0.4) is 0 Å². The average molecular weight is 305 g/mol. The van der Waals surface area contributed by atoms with E-state index in [2.05, 4.69) is 0 Å². The Morgan fingerprint density at radius 3 is 2.95 bits per heavy atom. The van der Waals surface area contributed by atoms with Crippen LogP contribution in [0, 0.1) is 0 Å². The molecule has 0 saturated heterocycles. The van der Waals surface area contributed by atoms with Crippen molar-refractivity contribution in [2.24, 2.45) is 0 Å². The van der Waals surface area contributed by atoms with Gasteiger partial charge in [-0.25, -0.2) is 8.42 Å². The quantitative estimate of drug-likeness (QED) is 0.886. The van der Waals surface area contributed by atoms with Gasteiger partial charge in [-0.15, -0.1) is 0 Å². The molecule has 1 N–H and O–H groups in total. The topological polar surface area (TPSA) is 75.7 Å².